The maximum atomic E-state index is 14.4. The van der Waals surface area contributed by atoms with Gasteiger partial charge in [0.15, 0.2) is 21.5 Å². The number of benzene rings is 1. The standard InChI is InChI=1S/C18H17F5N2O4S/c1-18(22,23)6-7-30(28,29)16(14-11(19)3-4-12(20)15(14)21)10-2-5-13(24-8-10)17(27)25-9-26/h2-5,8,16,26H,6-7,9H2,1H3,(H,25,27). The van der Waals surface area contributed by atoms with Gasteiger partial charge < -0.3 is 10.4 Å². The zero-order valence-electron chi connectivity index (χ0n) is 15.5. The van der Waals surface area contributed by atoms with Crippen molar-refractivity contribution in [1.82, 2.24) is 10.3 Å². The number of aliphatic hydroxyl groups excluding tert-OH is 1. The highest BCUT2D eigenvalue weighted by molar-refractivity contribution is 7.91. The molecule has 2 aromatic rings. The third-order valence-corrected chi connectivity index (χ3v) is 6.09. The minimum absolute atomic E-state index is 0.260. The summed E-state index contributed by atoms with van der Waals surface area (Å²) in [6.45, 7) is -0.221. The van der Waals surface area contributed by atoms with Crippen LogP contribution in [0.3, 0.4) is 0 Å². The Labute approximate surface area is 168 Å². The third-order valence-electron chi connectivity index (χ3n) is 4.09. The van der Waals surface area contributed by atoms with Crippen molar-refractivity contribution in [2.24, 2.45) is 0 Å². The Kier molecular flexibility index (Phi) is 7.14. The molecule has 1 atom stereocenters. The summed E-state index contributed by atoms with van der Waals surface area (Å²) in [4.78, 5) is 15.3. The zero-order valence-corrected chi connectivity index (χ0v) is 16.3. The average molecular weight is 452 g/mol. The smallest absolute Gasteiger partial charge is 0.271 e. The van der Waals surface area contributed by atoms with Crippen LogP contribution in [0.5, 0.6) is 0 Å². The summed E-state index contributed by atoms with van der Waals surface area (Å²) >= 11 is 0. The number of aromatic nitrogens is 1. The summed E-state index contributed by atoms with van der Waals surface area (Å²) in [5.41, 5.74) is -1.80. The Morgan fingerprint density at radius 2 is 1.80 bits per heavy atom. The molecule has 1 aromatic carbocycles. The second-order valence-corrected chi connectivity index (χ2v) is 8.67. The zero-order chi connectivity index (χ0) is 22.7. The van der Waals surface area contributed by atoms with Gasteiger partial charge in [0.25, 0.3) is 5.91 Å². The molecule has 1 heterocycles. The van der Waals surface area contributed by atoms with Gasteiger partial charge in [-0.15, -0.1) is 0 Å². The number of carbonyl (C=O) groups is 1. The number of nitrogens with zero attached hydrogens (tertiary/aromatic N) is 1. The Morgan fingerprint density at radius 1 is 1.17 bits per heavy atom. The number of hydrogen-bond acceptors (Lipinski definition) is 5. The molecule has 0 aliphatic carbocycles. The molecule has 0 aliphatic rings. The molecule has 1 amide bonds. The van der Waals surface area contributed by atoms with Gasteiger partial charge in [-0.2, -0.15) is 0 Å². The van der Waals surface area contributed by atoms with Crippen molar-refractivity contribution < 1.29 is 40.3 Å². The van der Waals surface area contributed by atoms with E-state index < -0.39 is 68.8 Å². The van der Waals surface area contributed by atoms with Gasteiger partial charge in [-0.25, -0.2) is 30.4 Å². The summed E-state index contributed by atoms with van der Waals surface area (Å²) in [5, 5.41) is 8.52. The molecule has 12 heteroatoms. The van der Waals surface area contributed by atoms with Gasteiger partial charge >= 0.3 is 0 Å². The molecule has 30 heavy (non-hydrogen) atoms. The van der Waals surface area contributed by atoms with Crippen molar-refractivity contribution in [2.75, 3.05) is 12.5 Å². The van der Waals surface area contributed by atoms with Crippen LogP contribution in [0.15, 0.2) is 30.5 Å². The number of sulfone groups is 1. The first kappa shape index (κ1) is 23.7. The lowest BCUT2D eigenvalue weighted by Crippen LogP contribution is -2.26. The van der Waals surface area contributed by atoms with Crippen LogP contribution >= 0.6 is 0 Å². The molecule has 0 fully saturated rings. The largest absolute Gasteiger partial charge is 0.376 e. The van der Waals surface area contributed by atoms with E-state index in [9.17, 15) is 35.2 Å². The summed E-state index contributed by atoms with van der Waals surface area (Å²) < 4.78 is 94.4. The molecule has 2 rings (SSSR count). The first-order valence-corrected chi connectivity index (χ1v) is 10.2. The van der Waals surface area contributed by atoms with Gasteiger partial charge in [0, 0.05) is 18.2 Å². The predicted molar refractivity (Wildman–Crippen MR) is 96.0 cm³/mol. The van der Waals surface area contributed by atoms with Crippen LogP contribution < -0.4 is 5.32 Å². The summed E-state index contributed by atoms with van der Waals surface area (Å²) in [6, 6.07) is 2.97. The maximum absolute atomic E-state index is 14.4. The first-order valence-electron chi connectivity index (χ1n) is 8.45. The number of nitrogens with one attached hydrogen (secondary N) is 1. The predicted octanol–water partition coefficient (Wildman–Crippen LogP) is 2.73. The third kappa shape index (κ3) is 5.51. The molecule has 1 unspecified atom stereocenters. The monoisotopic (exact) mass is 452 g/mol. The molecule has 6 nitrogen and oxygen atoms in total. The molecule has 164 valence electrons. The Hall–Kier alpha value is -2.60. The molecule has 0 aliphatic heterocycles. The summed E-state index contributed by atoms with van der Waals surface area (Å²) in [7, 11) is -4.67. The van der Waals surface area contributed by atoms with E-state index in [0.717, 1.165) is 18.3 Å². The van der Waals surface area contributed by atoms with E-state index in [2.05, 4.69) is 4.98 Å². The van der Waals surface area contributed by atoms with Crippen LogP contribution in [0, 0.1) is 17.5 Å². The van der Waals surface area contributed by atoms with Crippen LogP contribution in [0.2, 0.25) is 0 Å². The fraction of sp³-hybridized carbons (Fsp3) is 0.333. The van der Waals surface area contributed by atoms with Gasteiger partial charge in [-0.1, -0.05) is 6.07 Å². The highest BCUT2D eigenvalue weighted by Crippen LogP contribution is 2.36. The number of hydrogen-bond donors (Lipinski definition) is 2. The average Bonchev–Trinajstić information content (AvgIpc) is 2.66. The van der Waals surface area contributed by atoms with E-state index in [0.29, 0.717) is 19.1 Å². The second-order valence-electron chi connectivity index (χ2n) is 6.46. The van der Waals surface area contributed by atoms with Crippen LogP contribution in [0.4, 0.5) is 22.0 Å². The van der Waals surface area contributed by atoms with E-state index in [-0.39, 0.29) is 11.3 Å². The molecule has 0 spiro atoms. The fourth-order valence-corrected chi connectivity index (χ4v) is 4.64. The Morgan fingerprint density at radius 3 is 2.33 bits per heavy atom. The highest BCUT2D eigenvalue weighted by Gasteiger charge is 2.37. The van der Waals surface area contributed by atoms with Gasteiger partial charge in [0.2, 0.25) is 5.92 Å². The minimum Gasteiger partial charge on any atom is -0.376 e. The van der Waals surface area contributed by atoms with Crippen molar-refractivity contribution in [3.05, 3.63) is 64.7 Å². The topological polar surface area (TPSA) is 96.4 Å². The van der Waals surface area contributed by atoms with E-state index in [1.807, 2.05) is 5.32 Å². The van der Waals surface area contributed by atoms with Crippen molar-refractivity contribution in [3.8, 4) is 0 Å². The maximum Gasteiger partial charge on any atom is 0.271 e. The number of amides is 1. The van der Waals surface area contributed by atoms with Crippen LogP contribution in [-0.2, 0) is 9.84 Å². The highest BCUT2D eigenvalue weighted by atomic mass is 32.2. The van der Waals surface area contributed by atoms with Crippen LogP contribution in [0.1, 0.15) is 40.2 Å². The second kappa shape index (κ2) is 9.04. The number of pyridine rings is 1. The first-order chi connectivity index (χ1) is 13.9. The Bertz CT molecular complexity index is 1020. The summed E-state index contributed by atoms with van der Waals surface area (Å²) in [6.07, 6.45) is -0.322. The molecule has 0 saturated heterocycles. The van der Waals surface area contributed by atoms with Crippen molar-refractivity contribution in [2.45, 2.75) is 24.5 Å². The van der Waals surface area contributed by atoms with E-state index in [1.54, 1.807) is 0 Å². The van der Waals surface area contributed by atoms with Gasteiger partial charge in [-0.3, -0.25) is 9.78 Å². The number of alkyl halides is 2. The Balaban J connectivity index is 2.61. The van der Waals surface area contributed by atoms with Gasteiger partial charge in [0.1, 0.15) is 23.5 Å². The number of carbonyl (C=O) groups excluding carboxylic acids is 1. The normalized spacial score (nSPS) is 13.2. The molecular weight excluding hydrogens is 435 g/mol. The molecule has 0 bridgehead atoms. The molecule has 2 N–H and O–H groups in total. The lowest BCUT2D eigenvalue weighted by Gasteiger charge is -2.21. The number of rotatable bonds is 8. The van der Waals surface area contributed by atoms with E-state index in [1.165, 1.54) is 0 Å². The quantitative estimate of drug-likeness (QED) is 0.365. The SMILES string of the molecule is CC(F)(F)CCS(=O)(=O)C(c1ccc(C(=O)NCO)nc1)c1c(F)ccc(F)c1F. The van der Waals surface area contributed by atoms with Crippen LogP contribution in [-0.4, -0.2) is 42.8 Å². The lowest BCUT2D eigenvalue weighted by atomic mass is 10.0. The van der Waals surface area contributed by atoms with E-state index in [4.69, 9.17) is 5.11 Å². The van der Waals surface area contributed by atoms with Crippen molar-refractivity contribution >= 4 is 15.7 Å². The molecule has 0 radical (unpaired) electrons. The molecule has 0 saturated carbocycles. The summed E-state index contributed by atoms with van der Waals surface area (Å²) in [5.74, 6) is -10.1. The minimum atomic E-state index is -4.67. The fourth-order valence-electron chi connectivity index (χ4n) is 2.63. The number of halogens is 5. The van der Waals surface area contributed by atoms with Gasteiger partial charge in [0.05, 0.1) is 5.75 Å². The van der Waals surface area contributed by atoms with E-state index >= 15 is 0 Å². The lowest BCUT2D eigenvalue weighted by molar-refractivity contribution is 0.0189. The van der Waals surface area contributed by atoms with Gasteiger partial charge in [-0.05, 0) is 30.7 Å². The van der Waals surface area contributed by atoms with Crippen molar-refractivity contribution in [1.29, 1.82) is 0 Å². The molecular formula is C18H17F5N2O4S. The van der Waals surface area contributed by atoms with Crippen LogP contribution in [0.25, 0.3) is 0 Å². The number of aliphatic hydroxyl groups is 1. The molecule has 1 aromatic heterocycles. The van der Waals surface area contributed by atoms with Crippen molar-refractivity contribution in [3.63, 3.8) is 0 Å².